The summed E-state index contributed by atoms with van der Waals surface area (Å²) in [5.74, 6) is 0.0950. The van der Waals surface area contributed by atoms with Gasteiger partial charge in [0.1, 0.15) is 16.8 Å². The number of amides is 1. The average Bonchev–Trinajstić information content (AvgIpc) is 3.42. The molecule has 0 fully saturated rings. The van der Waals surface area contributed by atoms with Crippen LogP contribution in [0.2, 0.25) is 5.02 Å². The van der Waals surface area contributed by atoms with Gasteiger partial charge in [0.05, 0.1) is 10.9 Å². The van der Waals surface area contributed by atoms with Gasteiger partial charge in [0.15, 0.2) is 4.34 Å². The number of fused-ring (bicyclic) bond motifs is 2. The summed E-state index contributed by atoms with van der Waals surface area (Å²) >= 11 is 8.97. The van der Waals surface area contributed by atoms with Crippen molar-refractivity contribution in [1.82, 2.24) is 24.1 Å². The lowest BCUT2D eigenvalue weighted by atomic mass is 10.1. The van der Waals surface area contributed by atoms with E-state index in [0.29, 0.717) is 38.1 Å². The number of nitrogens with zero attached hydrogens (tertiary/aromatic N) is 5. The van der Waals surface area contributed by atoms with Crippen molar-refractivity contribution in [3.8, 4) is 0 Å². The maximum atomic E-state index is 13.4. The van der Waals surface area contributed by atoms with Crippen molar-refractivity contribution in [2.45, 2.75) is 62.1 Å². The van der Waals surface area contributed by atoms with Crippen LogP contribution in [0.25, 0.3) is 16.7 Å². The smallest absolute Gasteiger partial charge is 0.267 e. The molecule has 0 atom stereocenters. The van der Waals surface area contributed by atoms with Crippen LogP contribution < -0.4 is 16.4 Å². The number of pyridine rings is 2. The lowest BCUT2D eigenvalue weighted by Gasteiger charge is -2.14. The Balaban J connectivity index is 1.41. The summed E-state index contributed by atoms with van der Waals surface area (Å²) in [6.07, 6.45) is 8.11. The molecule has 4 heterocycles. The Bertz CT molecular complexity index is 1820. The molecule has 0 spiro atoms. The number of benzene rings is 1. The second-order valence-corrected chi connectivity index (χ2v) is 12.2. The first-order chi connectivity index (χ1) is 20.0. The number of halogens is 1. The molecule has 0 radical (unpaired) electrons. The molecule has 0 aliphatic carbocycles. The van der Waals surface area contributed by atoms with Crippen molar-refractivity contribution in [2.75, 3.05) is 5.32 Å². The maximum Gasteiger partial charge on any atom is 0.267 e. The summed E-state index contributed by atoms with van der Waals surface area (Å²) in [5.41, 5.74) is 1.69. The minimum absolute atomic E-state index is 0.00794. The zero-order chi connectivity index (χ0) is 28.8. The first-order valence-corrected chi connectivity index (χ1v) is 15.7. The molecule has 0 aliphatic heterocycles. The lowest BCUT2D eigenvalue weighted by molar-refractivity contribution is 0.102. The summed E-state index contributed by atoms with van der Waals surface area (Å²) in [6, 6.07) is 14.4. The Kier molecular flexibility index (Phi) is 9.48. The third-order valence-corrected chi connectivity index (χ3v) is 9.12. The van der Waals surface area contributed by atoms with Gasteiger partial charge >= 0.3 is 0 Å². The van der Waals surface area contributed by atoms with Crippen LogP contribution in [-0.4, -0.2) is 30.1 Å². The predicted octanol–water partition coefficient (Wildman–Crippen LogP) is 6.54. The molecule has 0 aliphatic rings. The molecular weight excluding hydrogens is 578 g/mol. The van der Waals surface area contributed by atoms with Crippen LogP contribution in [0.5, 0.6) is 0 Å². The topological polar surface area (TPSA) is 118 Å². The number of unbranched alkanes of at least 4 members (excludes halogenated alkanes) is 5. The second-order valence-electron chi connectivity index (χ2n) is 9.62. The zero-order valence-electron chi connectivity index (χ0n) is 22.6. The molecule has 212 valence electrons. The normalized spacial score (nSPS) is 11.4. The first-order valence-electron chi connectivity index (χ1n) is 13.6. The van der Waals surface area contributed by atoms with Crippen molar-refractivity contribution in [3.05, 3.63) is 86.7 Å². The molecule has 2 N–H and O–H groups in total. The molecule has 5 aromatic rings. The van der Waals surface area contributed by atoms with Gasteiger partial charge in [-0.1, -0.05) is 98.0 Å². The highest BCUT2D eigenvalue weighted by molar-refractivity contribution is 8.00. The number of thioether (sulfide) groups is 1. The average molecular weight is 608 g/mol. The molecule has 9 nitrogen and oxygen atoms in total. The van der Waals surface area contributed by atoms with Gasteiger partial charge in [-0.15, -0.1) is 10.2 Å². The summed E-state index contributed by atoms with van der Waals surface area (Å²) in [4.78, 5) is 31.6. The van der Waals surface area contributed by atoms with Crippen molar-refractivity contribution >= 4 is 62.4 Å². The van der Waals surface area contributed by atoms with Gasteiger partial charge in [-0.3, -0.25) is 24.7 Å². The SMILES string of the molecule is CCCCCCCCn1c(=N)c(C(=O)Nc2nnc(SCc3ccccc3Cl)s2)cc2c(=O)n3ccccc3nc21. The molecule has 0 saturated carbocycles. The largest absolute Gasteiger partial charge is 0.310 e. The predicted molar refractivity (Wildman–Crippen MR) is 165 cm³/mol. The summed E-state index contributed by atoms with van der Waals surface area (Å²) < 4.78 is 3.82. The van der Waals surface area contributed by atoms with Gasteiger partial charge in [-0.25, -0.2) is 4.98 Å². The number of nitrogens with one attached hydrogen (secondary N) is 2. The monoisotopic (exact) mass is 607 g/mol. The van der Waals surface area contributed by atoms with Crippen LogP contribution in [-0.2, 0) is 12.3 Å². The molecule has 4 aromatic heterocycles. The van der Waals surface area contributed by atoms with E-state index in [1.54, 1.807) is 22.9 Å². The molecule has 5 rings (SSSR count). The highest BCUT2D eigenvalue weighted by Crippen LogP contribution is 2.30. The minimum atomic E-state index is -0.523. The molecule has 0 unspecified atom stereocenters. The number of hydrogen-bond acceptors (Lipinski definition) is 8. The van der Waals surface area contributed by atoms with Crippen LogP contribution in [0.4, 0.5) is 5.13 Å². The fraction of sp³-hybridized carbons (Fsp3) is 0.310. The summed E-state index contributed by atoms with van der Waals surface area (Å²) in [5, 5.41) is 21.3. The van der Waals surface area contributed by atoms with Gasteiger partial charge in [0.2, 0.25) is 5.13 Å². The number of carbonyl (C=O) groups excluding carboxylic acids is 1. The van der Waals surface area contributed by atoms with Gasteiger partial charge in [0.25, 0.3) is 11.5 Å². The second kappa shape index (κ2) is 13.4. The fourth-order valence-corrected chi connectivity index (χ4v) is 6.60. The number of rotatable bonds is 12. The highest BCUT2D eigenvalue weighted by atomic mass is 35.5. The van der Waals surface area contributed by atoms with Gasteiger partial charge < -0.3 is 4.57 Å². The molecule has 12 heteroatoms. The Morgan fingerprint density at radius 3 is 2.68 bits per heavy atom. The van der Waals surface area contributed by atoms with E-state index >= 15 is 0 Å². The number of aryl methyl sites for hydroxylation is 1. The lowest BCUT2D eigenvalue weighted by Crippen LogP contribution is -2.32. The molecule has 0 bridgehead atoms. The van der Waals surface area contributed by atoms with E-state index in [0.717, 1.165) is 24.8 Å². The van der Waals surface area contributed by atoms with E-state index in [1.165, 1.54) is 52.8 Å². The van der Waals surface area contributed by atoms with E-state index in [4.69, 9.17) is 22.0 Å². The van der Waals surface area contributed by atoms with Crippen LogP contribution >= 0.6 is 34.7 Å². The quantitative estimate of drug-likeness (QED) is 0.0720. The Hall–Kier alpha value is -3.54. The highest BCUT2D eigenvalue weighted by Gasteiger charge is 2.19. The van der Waals surface area contributed by atoms with E-state index < -0.39 is 5.91 Å². The van der Waals surface area contributed by atoms with E-state index in [-0.39, 0.29) is 22.0 Å². The van der Waals surface area contributed by atoms with Gasteiger partial charge in [-0.05, 0) is 36.2 Å². The van der Waals surface area contributed by atoms with E-state index in [2.05, 4.69) is 22.4 Å². The molecule has 41 heavy (non-hydrogen) atoms. The summed E-state index contributed by atoms with van der Waals surface area (Å²) in [6.45, 7) is 2.67. The van der Waals surface area contributed by atoms with E-state index in [9.17, 15) is 9.59 Å². The number of aromatic nitrogens is 5. The third kappa shape index (κ3) is 6.69. The van der Waals surface area contributed by atoms with Crippen LogP contribution in [0.1, 0.15) is 61.4 Å². The minimum Gasteiger partial charge on any atom is -0.310 e. The Morgan fingerprint density at radius 2 is 1.85 bits per heavy atom. The van der Waals surface area contributed by atoms with Gasteiger partial charge in [0, 0.05) is 23.5 Å². The van der Waals surface area contributed by atoms with Crippen LogP contribution in [0, 0.1) is 5.41 Å². The first kappa shape index (κ1) is 29.0. The third-order valence-electron chi connectivity index (χ3n) is 6.73. The van der Waals surface area contributed by atoms with Crippen molar-refractivity contribution < 1.29 is 4.79 Å². The van der Waals surface area contributed by atoms with Crippen molar-refractivity contribution in [2.24, 2.45) is 0 Å². The number of hydrogen-bond donors (Lipinski definition) is 2. The Morgan fingerprint density at radius 1 is 1.07 bits per heavy atom. The molecular formula is C29H30ClN7O2S2. The van der Waals surface area contributed by atoms with Gasteiger partial charge in [-0.2, -0.15) is 0 Å². The van der Waals surface area contributed by atoms with Crippen molar-refractivity contribution in [3.63, 3.8) is 0 Å². The zero-order valence-corrected chi connectivity index (χ0v) is 25.0. The standard InChI is InChI=1S/C29H30ClN7O2S2/c1-2-3-4-5-6-10-16-37-24(31)20(17-21-25(37)32-23-14-9-11-15-36(23)27(21)39)26(38)33-28-34-35-29(41-28)40-18-19-12-7-8-13-22(19)30/h7-9,11-15,17,31H,2-6,10,16,18H2,1H3,(H,33,34,38). The summed E-state index contributed by atoms with van der Waals surface area (Å²) in [7, 11) is 0. The van der Waals surface area contributed by atoms with E-state index in [1.807, 2.05) is 30.3 Å². The van der Waals surface area contributed by atoms with Crippen LogP contribution in [0.15, 0.2) is 63.9 Å². The fourth-order valence-electron chi connectivity index (χ4n) is 4.57. The maximum absolute atomic E-state index is 13.4. The molecule has 1 aromatic carbocycles. The van der Waals surface area contributed by atoms with Crippen molar-refractivity contribution in [1.29, 1.82) is 5.41 Å². The van der Waals surface area contributed by atoms with Crippen LogP contribution in [0.3, 0.4) is 0 Å². The Labute approximate surface area is 250 Å². The number of anilines is 1. The number of carbonyl (C=O) groups is 1. The molecule has 0 saturated heterocycles. The molecule has 1 amide bonds.